The minimum absolute atomic E-state index is 0.105. The maximum absolute atomic E-state index is 14.0. The average Bonchev–Trinajstić information content (AvgIpc) is 2.99. The lowest BCUT2D eigenvalue weighted by atomic mass is 10.1. The number of rotatable bonds is 5. The molecule has 0 N–H and O–H groups in total. The van der Waals surface area contributed by atoms with Crippen LogP contribution in [0.1, 0.15) is 43.0 Å². The SMILES string of the molecule is CCCCOC(=O)C1CCCN1C(=O)c1cccc(Cl)c1F. The summed E-state index contributed by atoms with van der Waals surface area (Å²) < 4.78 is 19.2. The zero-order valence-electron chi connectivity index (χ0n) is 12.5. The number of carbonyl (C=O) groups is 2. The van der Waals surface area contributed by atoms with E-state index in [9.17, 15) is 14.0 Å². The molecule has 120 valence electrons. The molecule has 1 unspecified atom stereocenters. The van der Waals surface area contributed by atoms with E-state index in [1.165, 1.54) is 23.1 Å². The van der Waals surface area contributed by atoms with Crippen LogP contribution in [0.5, 0.6) is 0 Å². The molecular weight excluding hydrogens is 309 g/mol. The lowest BCUT2D eigenvalue weighted by Gasteiger charge is -2.23. The number of unbranched alkanes of at least 4 members (excludes halogenated alkanes) is 1. The summed E-state index contributed by atoms with van der Waals surface area (Å²) >= 11 is 5.71. The highest BCUT2D eigenvalue weighted by Gasteiger charge is 2.36. The van der Waals surface area contributed by atoms with Gasteiger partial charge in [0, 0.05) is 6.54 Å². The Morgan fingerprint density at radius 2 is 2.23 bits per heavy atom. The van der Waals surface area contributed by atoms with Crippen molar-refractivity contribution in [2.75, 3.05) is 13.2 Å². The molecule has 1 heterocycles. The second-order valence-corrected chi connectivity index (χ2v) is 5.69. The molecule has 1 aromatic carbocycles. The summed E-state index contributed by atoms with van der Waals surface area (Å²) in [7, 11) is 0. The Morgan fingerprint density at radius 1 is 1.45 bits per heavy atom. The van der Waals surface area contributed by atoms with Crippen LogP contribution in [0.25, 0.3) is 0 Å². The van der Waals surface area contributed by atoms with Crippen LogP contribution in [0, 0.1) is 5.82 Å². The van der Waals surface area contributed by atoms with Crippen molar-refractivity contribution >= 4 is 23.5 Å². The predicted molar refractivity (Wildman–Crippen MR) is 81.3 cm³/mol. The monoisotopic (exact) mass is 327 g/mol. The normalized spacial score (nSPS) is 17.6. The first-order chi connectivity index (χ1) is 10.6. The quantitative estimate of drug-likeness (QED) is 0.615. The van der Waals surface area contributed by atoms with E-state index in [1.807, 2.05) is 6.92 Å². The fourth-order valence-corrected chi connectivity index (χ4v) is 2.67. The number of benzene rings is 1. The van der Waals surface area contributed by atoms with Gasteiger partial charge in [-0.15, -0.1) is 0 Å². The van der Waals surface area contributed by atoms with Gasteiger partial charge in [0.05, 0.1) is 17.2 Å². The van der Waals surface area contributed by atoms with Gasteiger partial charge >= 0.3 is 5.97 Å². The Kier molecular flexibility index (Phi) is 5.77. The molecule has 0 aromatic heterocycles. The van der Waals surface area contributed by atoms with Gasteiger partial charge in [-0.2, -0.15) is 0 Å². The van der Waals surface area contributed by atoms with Crippen molar-refractivity contribution in [3.8, 4) is 0 Å². The van der Waals surface area contributed by atoms with Crippen LogP contribution in [0.4, 0.5) is 4.39 Å². The molecule has 0 saturated carbocycles. The summed E-state index contributed by atoms with van der Waals surface area (Å²) in [5.41, 5.74) is -0.110. The van der Waals surface area contributed by atoms with E-state index >= 15 is 0 Å². The number of halogens is 2. The highest BCUT2D eigenvalue weighted by molar-refractivity contribution is 6.31. The third-order valence-electron chi connectivity index (χ3n) is 3.71. The van der Waals surface area contributed by atoms with Crippen LogP contribution in [-0.4, -0.2) is 36.0 Å². The minimum atomic E-state index is -0.751. The molecule has 1 aliphatic heterocycles. The molecule has 1 amide bonds. The Balaban J connectivity index is 2.11. The number of hydrogen-bond donors (Lipinski definition) is 0. The van der Waals surface area contributed by atoms with Crippen LogP contribution < -0.4 is 0 Å². The summed E-state index contributed by atoms with van der Waals surface area (Å²) in [6.45, 7) is 2.76. The van der Waals surface area contributed by atoms with E-state index in [4.69, 9.17) is 16.3 Å². The average molecular weight is 328 g/mol. The third kappa shape index (κ3) is 3.58. The summed E-state index contributed by atoms with van der Waals surface area (Å²) in [6, 6.07) is 3.64. The first-order valence-corrected chi connectivity index (χ1v) is 7.85. The number of amides is 1. The highest BCUT2D eigenvalue weighted by atomic mass is 35.5. The Hall–Kier alpha value is -1.62. The Morgan fingerprint density at radius 3 is 2.95 bits per heavy atom. The van der Waals surface area contributed by atoms with E-state index < -0.39 is 23.7 Å². The maximum atomic E-state index is 14.0. The van der Waals surface area contributed by atoms with Crippen molar-refractivity contribution in [3.63, 3.8) is 0 Å². The molecular formula is C16H19ClFNO3. The number of nitrogens with zero attached hydrogens (tertiary/aromatic N) is 1. The van der Waals surface area contributed by atoms with E-state index in [0.717, 1.165) is 12.8 Å². The summed E-state index contributed by atoms with van der Waals surface area (Å²) in [4.78, 5) is 25.9. The molecule has 1 fully saturated rings. The first kappa shape index (κ1) is 16.7. The molecule has 0 aliphatic carbocycles. The van der Waals surface area contributed by atoms with Crippen molar-refractivity contribution in [3.05, 3.63) is 34.6 Å². The molecule has 1 aromatic rings. The second kappa shape index (κ2) is 7.58. The van der Waals surface area contributed by atoms with Crippen LogP contribution in [-0.2, 0) is 9.53 Å². The van der Waals surface area contributed by atoms with Crippen molar-refractivity contribution in [1.29, 1.82) is 0 Å². The van der Waals surface area contributed by atoms with E-state index in [1.54, 1.807) is 0 Å². The number of likely N-dealkylation sites (tertiary alicyclic amines) is 1. The largest absolute Gasteiger partial charge is 0.464 e. The highest BCUT2D eigenvalue weighted by Crippen LogP contribution is 2.25. The zero-order chi connectivity index (χ0) is 16.1. The van der Waals surface area contributed by atoms with Gasteiger partial charge < -0.3 is 9.64 Å². The number of carbonyl (C=O) groups excluding carboxylic acids is 2. The lowest BCUT2D eigenvalue weighted by Crippen LogP contribution is -2.41. The molecule has 0 radical (unpaired) electrons. The summed E-state index contributed by atoms with van der Waals surface area (Å²) in [5, 5.41) is -0.105. The third-order valence-corrected chi connectivity index (χ3v) is 4.00. The van der Waals surface area contributed by atoms with Crippen molar-refractivity contribution in [2.24, 2.45) is 0 Å². The predicted octanol–water partition coefficient (Wildman–Crippen LogP) is 3.43. The fraction of sp³-hybridized carbons (Fsp3) is 0.500. The van der Waals surface area contributed by atoms with Gasteiger partial charge in [0.2, 0.25) is 0 Å². The van der Waals surface area contributed by atoms with Gasteiger partial charge in [-0.1, -0.05) is 31.0 Å². The van der Waals surface area contributed by atoms with Crippen LogP contribution in [0.3, 0.4) is 0 Å². The molecule has 1 saturated heterocycles. The molecule has 1 atom stereocenters. The molecule has 22 heavy (non-hydrogen) atoms. The van der Waals surface area contributed by atoms with Crippen LogP contribution in [0.2, 0.25) is 5.02 Å². The summed E-state index contributed by atoms with van der Waals surface area (Å²) in [5.74, 6) is -1.68. The topological polar surface area (TPSA) is 46.6 Å². The fourth-order valence-electron chi connectivity index (χ4n) is 2.49. The standard InChI is InChI=1S/C16H19ClFNO3/c1-2-3-10-22-16(21)13-8-5-9-19(13)15(20)11-6-4-7-12(17)14(11)18/h4,6-7,13H,2-3,5,8-10H2,1H3. The number of esters is 1. The number of hydrogen-bond acceptors (Lipinski definition) is 3. The van der Waals surface area contributed by atoms with Gasteiger partial charge in [0.1, 0.15) is 6.04 Å². The van der Waals surface area contributed by atoms with Gasteiger partial charge in [-0.25, -0.2) is 9.18 Å². The molecule has 2 rings (SSSR count). The second-order valence-electron chi connectivity index (χ2n) is 5.28. The van der Waals surface area contributed by atoms with Crippen LogP contribution >= 0.6 is 11.6 Å². The Bertz CT molecular complexity index is 564. The lowest BCUT2D eigenvalue weighted by molar-refractivity contribution is -0.148. The van der Waals surface area contributed by atoms with Crippen LogP contribution in [0.15, 0.2) is 18.2 Å². The molecule has 1 aliphatic rings. The molecule has 6 heteroatoms. The van der Waals surface area contributed by atoms with E-state index in [-0.39, 0.29) is 10.6 Å². The van der Waals surface area contributed by atoms with Gasteiger partial charge in [0.25, 0.3) is 5.91 Å². The summed E-state index contributed by atoms with van der Waals surface area (Å²) in [6.07, 6.45) is 2.95. The molecule has 4 nitrogen and oxygen atoms in total. The van der Waals surface area contributed by atoms with E-state index in [2.05, 4.69) is 0 Å². The van der Waals surface area contributed by atoms with E-state index in [0.29, 0.717) is 26.0 Å². The van der Waals surface area contributed by atoms with Gasteiger partial charge in [-0.05, 0) is 31.4 Å². The van der Waals surface area contributed by atoms with Gasteiger partial charge in [0.15, 0.2) is 5.82 Å². The zero-order valence-corrected chi connectivity index (χ0v) is 13.2. The molecule has 0 spiro atoms. The minimum Gasteiger partial charge on any atom is -0.464 e. The van der Waals surface area contributed by atoms with Crippen molar-refractivity contribution in [1.82, 2.24) is 4.90 Å². The first-order valence-electron chi connectivity index (χ1n) is 7.48. The van der Waals surface area contributed by atoms with Crippen molar-refractivity contribution < 1.29 is 18.7 Å². The molecule has 0 bridgehead atoms. The maximum Gasteiger partial charge on any atom is 0.328 e. The van der Waals surface area contributed by atoms with Gasteiger partial charge in [-0.3, -0.25) is 4.79 Å². The van der Waals surface area contributed by atoms with Crippen molar-refractivity contribution in [2.45, 2.75) is 38.6 Å². The number of ether oxygens (including phenoxy) is 1. The Labute approximate surface area is 134 Å². The smallest absolute Gasteiger partial charge is 0.328 e.